The van der Waals surface area contributed by atoms with E-state index >= 15 is 0 Å². The van der Waals surface area contributed by atoms with Gasteiger partial charge in [-0.1, -0.05) is 30.4 Å². The Hall–Kier alpha value is -2.49. The standard InChI is InChI=1S/C17H19FN2O/c1-20-15-7-4-13(5-8-15)2-3-14-6-9-16(19)17(12-14)21-11-10-18/h2-9,12,20H,10-11,19H2,1H3/b3-2+. The summed E-state index contributed by atoms with van der Waals surface area (Å²) >= 11 is 0. The third-order valence-electron chi connectivity index (χ3n) is 3.04. The lowest BCUT2D eigenvalue weighted by atomic mass is 10.1. The van der Waals surface area contributed by atoms with Gasteiger partial charge in [-0.15, -0.1) is 0 Å². The fourth-order valence-electron chi connectivity index (χ4n) is 1.88. The van der Waals surface area contributed by atoms with Crippen LogP contribution in [0.4, 0.5) is 15.8 Å². The molecule has 0 fully saturated rings. The van der Waals surface area contributed by atoms with Crippen LogP contribution in [-0.2, 0) is 0 Å². The summed E-state index contributed by atoms with van der Waals surface area (Å²) in [5, 5.41) is 3.08. The highest BCUT2D eigenvalue weighted by molar-refractivity contribution is 5.72. The lowest BCUT2D eigenvalue weighted by Crippen LogP contribution is -2.01. The van der Waals surface area contributed by atoms with Crippen LogP contribution in [0.2, 0.25) is 0 Å². The van der Waals surface area contributed by atoms with Crippen LogP contribution in [0.5, 0.6) is 5.75 Å². The number of benzene rings is 2. The molecule has 2 aromatic rings. The van der Waals surface area contributed by atoms with E-state index in [1.54, 1.807) is 6.07 Å². The van der Waals surface area contributed by atoms with Gasteiger partial charge in [0.25, 0.3) is 0 Å². The molecule has 0 aromatic heterocycles. The van der Waals surface area contributed by atoms with E-state index in [4.69, 9.17) is 10.5 Å². The van der Waals surface area contributed by atoms with Crippen LogP contribution < -0.4 is 15.8 Å². The quantitative estimate of drug-likeness (QED) is 0.626. The monoisotopic (exact) mass is 286 g/mol. The van der Waals surface area contributed by atoms with Crippen molar-refractivity contribution >= 4 is 23.5 Å². The molecule has 0 amide bonds. The van der Waals surface area contributed by atoms with Gasteiger partial charge < -0.3 is 15.8 Å². The van der Waals surface area contributed by atoms with Crippen LogP contribution in [0.15, 0.2) is 42.5 Å². The smallest absolute Gasteiger partial charge is 0.142 e. The highest BCUT2D eigenvalue weighted by Gasteiger charge is 2.01. The molecule has 0 aliphatic heterocycles. The molecular weight excluding hydrogens is 267 g/mol. The molecule has 0 aliphatic rings. The van der Waals surface area contributed by atoms with E-state index in [1.165, 1.54) is 0 Å². The Bertz CT molecular complexity index is 609. The maximum Gasteiger partial charge on any atom is 0.142 e. The van der Waals surface area contributed by atoms with Gasteiger partial charge in [-0.05, 0) is 35.4 Å². The third-order valence-corrected chi connectivity index (χ3v) is 3.04. The second kappa shape index (κ2) is 7.33. The maximum atomic E-state index is 12.2. The van der Waals surface area contributed by atoms with Gasteiger partial charge in [-0.3, -0.25) is 0 Å². The maximum absolute atomic E-state index is 12.2. The molecule has 0 bridgehead atoms. The summed E-state index contributed by atoms with van der Waals surface area (Å²) in [6.07, 6.45) is 3.97. The number of nitrogens with two attached hydrogens (primary N) is 1. The number of anilines is 2. The summed E-state index contributed by atoms with van der Waals surface area (Å²) in [7, 11) is 1.89. The lowest BCUT2D eigenvalue weighted by molar-refractivity contribution is 0.274. The first-order chi connectivity index (χ1) is 10.2. The van der Waals surface area contributed by atoms with Gasteiger partial charge in [0.05, 0.1) is 5.69 Å². The SMILES string of the molecule is CNc1ccc(/C=C/c2ccc(N)c(OCCF)c2)cc1. The Balaban J connectivity index is 2.12. The normalized spacial score (nSPS) is 10.8. The minimum atomic E-state index is -0.530. The summed E-state index contributed by atoms with van der Waals surface area (Å²) in [6, 6.07) is 13.5. The molecule has 110 valence electrons. The van der Waals surface area contributed by atoms with Crippen molar-refractivity contribution in [2.45, 2.75) is 0 Å². The zero-order chi connectivity index (χ0) is 15.1. The molecule has 2 rings (SSSR count). The summed E-state index contributed by atoms with van der Waals surface area (Å²) in [4.78, 5) is 0. The van der Waals surface area contributed by atoms with Crippen LogP contribution in [0, 0.1) is 0 Å². The third kappa shape index (κ3) is 4.24. The molecule has 0 aliphatic carbocycles. The van der Waals surface area contributed by atoms with Gasteiger partial charge >= 0.3 is 0 Å². The molecule has 0 radical (unpaired) electrons. The molecule has 3 N–H and O–H groups in total. The number of halogens is 1. The number of hydrogen-bond acceptors (Lipinski definition) is 3. The van der Waals surface area contributed by atoms with E-state index in [0.717, 1.165) is 16.8 Å². The summed E-state index contributed by atoms with van der Waals surface area (Å²) in [5.74, 6) is 0.514. The van der Waals surface area contributed by atoms with Crippen LogP contribution in [-0.4, -0.2) is 20.3 Å². The van der Waals surface area contributed by atoms with E-state index < -0.39 is 6.67 Å². The Morgan fingerprint density at radius 2 is 1.76 bits per heavy atom. The first-order valence-corrected chi connectivity index (χ1v) is 6.77. The first-order valence-electron chi connectivity index (χ1n) is 6.77. The van der Waals surface area contributed by atoms with Gasteiger partial charge in [0.1, 0.15) is 19.0 Å². The molecule has 0 unspecified atom stereocenters. The molecular formula is C17H19FN2O. The van der Waals surface area contributed by atoms with Crippen molar-refractivity contribution in [1.82, 2.24) is 0 Å². The van der Waals surface area contributed by atoms with Crippen molar-refractivity contribution in [3.63, 3.8) is 0 Å². The zero-order valence-electron chi connectivity index (χ0n) is 12.0. The predicted octanol–water partition coefficient (Wildman–Crippen LogP) is 3.83. The lowest BCUT2D eigenvalue weighted by Gasteiger charge is -2.07. The topological polar surface area (TPSA) is 47.3 Å². The number of rotatable bonds is 6. The van der Waals surface area contributed by atoms with Gasteiger partial charge in [0, 0.05) is 12.7 Å². The van der Waals surface area contributed by atoms with Crippen LogP contribution in [0.3, 0.4) is 0 Å². The van der Waals surface area contributed by atoms with E-state index in [9.17, 15) is 4.39 Å². The van der Waals surface area contributed by atoms with Crippen LogP contribution >= 0.6 is 0 Å². The highest BCUT2D eigenvalue weighted by Crippen LogP contribution is 2.24. The Labute approximate surface area is 124 Å². The molecule has 0 saturated carbocycles. The van der Waals surface area contributed by atoms with Gasteiger partial charge in [0.2, 0.25) is 0 Å². The van der Waals surface area contributed by atoms with Gasteiger partial charge in [-0.25, -0.2) is 4.39 Å². The molecule has 21 heavy (non-hydrogen) atoms. The average molecular weight is 286 g/mol. The number of ether oxygens (including phenoxy) is 1. The molecule has 3 nitrogen and oxygen atoms in total. The van der Waals surface area contributed by atoms with Crippen molar-refractivity contribution in [3.05, 3.63) is 53.6 Å². The molecule has 0 atom stereocenters. The number of alkyl halides is 1. The molecule has 0 saturated heterocycles. The van der Waals surface area contributed by atoms with E-state index in [-0.39, 0.29) is 6.61 Å². The van der Waals surface area contributed by atoms with E-state index in [0.29, 0.717) is 11.4 Å². The zero-order valence-corrected chi connectivity index (χ0v) is 12.0. The fourth-order valence-corrected chi connectivity index (χ4v) is 1.88. The van der Waals surface area contributed by atoms with E-state index in [2.05, 4.69) is 5.32 Å². The van der Waals surface area contributed by atoms with Gasteiger partial charge in [0.15, 0.2) is 0 Å². The molecule has 0 spiro atoms. The first kappa shape index (κ1) is 14.9. The Kier molecular flexibility index (Phi) is 5.21. The van der Waals surface area contributed by atoms with Crippen LogP contribution in [0.1, 0.15) is 11.1 Å². The average Bonchev–Trinajstić information content (AvgIpc) is 2.53. The summed E-state index contributed by atoms with van der Waals surface area (Å²) in [6.45, 7) is -0.514. The Morgan fingerprint density at radius 1 is 1.10 bits per heavy atom. The highest BCUT2D eigenvalue weighted by atomic mass is 19.1. The van der Waals surface area contributed by atoms with Crippen molar-refractivity contribution in [3.8, 4) is 5.75 Å². The van der Waals surface area contributed by atoms with Crippen LogP contribution in [0.25, 0.3) is 12.2 Å². The minimum absolute atomic E-state index is 0.0167. The van der Waals surface area contributed by atoms with Crippen molar-refractivity contribution in [2.75, 3.05) is 31.4 Å². The minimum Gasteiger partial charge on any atom is -0.489 e. The van der Waals surface area contributed by atoms with Gasteiger partial charge in [-0.2, -0.15) is 0 Å². The summed E-state index contributed by atoms with van der Waals surface area (Å²) < 4.78 is 17.4. The predicted molar refractivity (Wildman–Crippen MR) is 87.2 cm³/mol. The molecule has 4 heteroatoms. The second-order valence-electron chi connectivity index (χ2n) is 4.54. The largest absolute Gasteiger partial charge is 0.489 e. The molecule has 0 heterocycles. The number of hydrogen-bond donors (Lipinski definition) is 2. The summed E-state index contributed by atoms with van der Waals surface area (Å²) in [5.41, 5.74) is 9.42. The van der Waals surface area contributed by atoms with E-state index in [1.807, 2.05) is 55.6 Å². The number of nitrogen functional groups attached to an aromatic ring is 1. The van der Waals surface area contributed by atoms with Crippen molar-refractivity contribution in [1.29, 1.82) is 0 Å². The molecule has 2 aromatic carbocycles. The number of nitrogens with one attached hydrogen (secondary N) is 1. The van der Waals surface area contributed by atoms with Crippen molar-refractivity contribution < 1.29 is 9.13 Å². The van der Waals surface area contributed by atoms with Crippen molar-refractivity contribution in [2.24, 2.45) is 0 Å². The second-order valence-corrected chi connectivity index (χ2v) is 4.54. The Morgan fingerprint density at radius 3 is 2.43 bits per heavy atom. The fraction of sp³-hybridized carbons (Fsp3) is 0.176.